The van der Waals surface area contributed by atoms with E-state index in [2.05, 4.69) is 10.4 Å². The summed E-state index contributed by atoms with van der Waals surface area (Å²) < 4.78 is 1.59. The van der Waals surface area contributed by atoms with Gasteiger partial charge in [0.25, 0.3) is 5.56 Å². The van der Waals surface area contributed by atoms with E-state index < -0.39 is 0 Å². The van der Waals surface area contributed by atoms with Crippen LogP contribution >= 0.6 is 0 Å². The predicted octanol–water partition coefficient (Wildman–Crippen LogP) is -0.291. The van der Waals surface area contributed by atoms with Crippen LogP contribution in [0.1, 0.15) is 0 Å². The molecule has 1 saturated carbocycles. The van der Waals surface area contributed by atoms with E-state index in [1.807, 2.05) is 0 Å². The highest BCUT2D eigenvalue weighted by molar-refractivity contribution is 5.03. The Bertz CT molecular complexity index is 390. The van der Waals surface area contributed by atoms with E-state index in [1.165, 1.54) is 0 Å². The molecule has 2 heterocycles. The highest BCUT2D eigenvalue weighted by Crippen LogP contribution is 2.49. The number of nitrogens with zero attached hydrogens (tertiary/aromatic N) is 2. The van der Waals surface area contributed by atoms with Gasteiger partial charge in [0.05, 0.1) is 0 Å². The highest BCUT2D eigenvalue weighted by atomic mass is 16.1. The Morgan fingerprint density at radius 2 is 2.29 bits per heavy atom. The van der Waals surface area contributed by atoms with Gasteiger partial charge in [0.1, 0.15) is 0 Å². The molecule has 0 radical (unpaired) electrons. The van der Waals surface area contributed by atoms with Gasteiger partial charge in [-0.15, -0.1) is 0 Å². The summed E-state index contributed by atoms with van der Waals surface area (Å²) in [4.78, 5) is 11.4. The first kappa shape index (κ1) is 8.17. The van der Waals surface area contributed by atoms with Crippen molar-refractivity contribution in [2.24, 2.45) is 17.8 Å². The Labute approximate surface area is 81.9 Å². The minimum atomic E-state index is 0.0189. The molecule has 0 amide bonds. The van der Waals surface area contributed by atoms with Gasteiger partial charge >= 0.3 is 0 Å². The Hall–Kier alpha value is -1.16. The lowest BCUT2D eigenvalue weighted by atomic mass is 10.3. The second-order valence-electron chi connectivity index (χ2n) is 4.19. The van der Waals surface area contributed by atoms with Crippen molar-refractivity contribution >= 4 is 0 Å². The fourth-order valence-corrected chi connectivity index (χ4v) is 2.54. The molecule has 1 unspecified atom stereocenters. The Morgan fingerprint density at radius 3 is 3.00 bits per heavy atom. The Kier molecular flexibility index (Phi) is 1.70. The van der Waals surface area contributed by atoms with Crippen molar-refractivity contribution in [3.05, 3.63) is 28.7 Å². The fraction of sp³-hybridized carbons (Fsp3) is 0.600. The molecule has 1 aromatic rings. The van der Waals surface area contributed by atoms with Crippen LogP contribution in [0.3, 0.4) is 0 Å². The number of fused-ring (bicyclic) bond motifs is 1. The SMILES string of the molecule is O=c1cccnn1CC1[C@H]2CNC[C@@H]12. The van der Waals surface area contributed by atoms with Crippen LogP contribution in [0.5, 0.6) is 0 Å². The van der Waals surface area contributed by atoms with Crippen molar-refractivity contribution in [3.8, 4) is 0 Å². The Morgan fingerprint density at radius 1 is 1.50 bits per heavy atom. The van der Waals surface area contributed by atoms with Gasteiger partial charge in [-0.1, -0.05) is 0 Å². The maximum absolute atomic E-state index is 11.4. The second-order valence-corrected chi connectivity index (χ2v) is 4.19. The lowest BCUT2D eigenvalue weighted by Crippen LogP contribution is -2.25. The number of nitrogens with one attached hydrogen (secondary N) is 1. The van der Waals surface area contributed by atoms with Crippen molar-refractivity contribution < 1.29 is 0 Å². The predicted molar refractivity (Wildman–Crippen MR) is 51.8 cm³/mol. The van der Waals surface area contributed by atoms with Gasteiger partial charge in [0.2, 0.25) is 0 Å². The minimum absolute atomic E-state index is 0.0189. The Balaban J connectivity index is 1.74. The molecule has 14 heavy (non-hydrogen) atoms. The molecule has 2 aliphatic rings. The van der Waals surface area contributed by atoms with Crippen LogP contribution in [0, 0.1) is 17.8 Å². The third-order valence-electron chi connectivity index (χ3n) is 3.44. The first-order valence-corrected chi connectivity index (χ1v) is 5.09. The van der Waals surface area contributed by atoms with E-state index in [0.29, 0.717) is 5.92 Å². The van der Waals surface area contributed by atoms with Crippen LogP contribution < -0.4 is 10.9 Å². The van der Waals surface area contributed by atoms with Gasteiger partial charge in [-0.2, -0.15) is 5.10 Å². The van der Waals surface area contributed by atoms with Crippen molar-refractivity contribution in [1.29, 1.82) is 0 Å². The average Bonchev–Trinajstić information content (AvgIpc) is 2.64. The smallest absolute Gasteiger partial charge is 0.266 e. The number of rotatable bonds is 2. The standard InChI is InChI=1S/C10H13N3O/c14-10-2-1-3-12-13(10)6-9-7-4-11-5-8(7)9/h1-3,7-9,11H,4-6H2/t7-,8+,9?. The molecular weight excluding hydrogens is 178 g/mol. The van der Waals surface area contributed by atoms with Crippen molar-refractivity contribution in [1.82, 2.24) is 15.1 Å². The molecule has 74 valence electrons. The summed E-state index contributed by atoms with van der Waals surface area (Å²) in [5, 5.41) is 7.41. The van der Waals surface area contributed by atoms with Gasteiger partial charge in [-0.05, 0) is 36.9 Å². The van der Waals surface area contributed by atoms with Gasteiger partial charge < -0.3 is 5.32 Å². The molecule has 1 saturated heterocycles. The summed E-state index contributed by atoms with van der Waals surface area (Å²) >= 11 is 0. The van der Waals surface area contributed by atoms with E-state index >= 15 is 0 Å². The molecule has 1 aliphatic carbocycles. The van der Waals surface area contributed by atoms with Gasteiger partial charge in [0.15, 0.2) is 0 Å². The number of aromatic nitrogens is 2. The maximum Gasteiger partial charge on any atom is 0.266 e. The normalized spacial score (nSPS) is 34.1. The summed E-state index contributed by atoms with van der Waals surface area (Å²) in [6, 6.07) is 3.26. The quantitative estimate of drug-likeness (QED) is 0.698. The summed E-state index contributed by atoms with van der Waals surface area (Å²) in [5.74, 6) is 2.27. The number of hydrogen-bond acceptors (Lipinski definition) is 3. The molecule has 0 aromatic carbocycles. The molecule has 1 N–H and O–H groups in total. The molecule has 4 nitrogen and oxygen atoms in total. The van der Waals surface area contributed by atoms with Crippen molar-refractivity contribution in [2.45, 2.75) is 6.54 Å². The van der Waals surface area contributed by atoms with Gasteiger partial charge in [-0.3, -0.25) is 4.79 Å². The zero-order valence-electron chi connectivity index (χ0n) is 7.89. The first-order chi connectivity index (χ1) is 6.86. The second kappa shape index (κ2) is 2.92. The molecule has 0 spiro atoms. The van der Waals surface area contributed by atoms with E-state index in [-0.39, 0.29) is 5.56 Å². The molecule has 4 heteroatoms. The van der Waals surface area contributed by atoms with E-state index in [1.54, 1.807) is 23.0 Å². The van der Waals surface area contributed by atoms with Crippen LogP contribution in [-0.4, -0.2) is 22.9 Å². The van der Waals surface area contributed by atoms with Crippen LogP contribution in [0.2, 0.25) is 0 Å². The summed E-state index contributed by atoms with van der Waals surface area (Å²) in [5.41, 5.74) is 0.0189. The third kappa shape index (κ3) is 1.18. The summed E-state index contributed by atoms with van der Waals surface area (Å²) in [6.45, 7) is 3.05. The fourth-order valence-electron chi connectivity index (χ4n) is 2.54. The largest absolute Gasteiger partial charge is 0.316 e. The van der Waals surface area contributed by atoms with Crippen LogP contribution in [0.4, 0.5) is 0 Å². The molecular formula is C10H13N3O. The third-order valence-corrected chi connectivity index (χ3v) is 3.44. The lowest BCUT2D eigenvalue weighted by molar-refractivity contribution is 0.467. The minimum Gasteiger partial charge on any atom is -0.316 e. The summed E-state index contributed by atoms with van der Waals surface area (Å²) in [7, 11) is 0. The molecule has 3 atom stereocenters. The maximum atomic E-state index is 11.4. The molecule has 1 aliphatic heterocycles. The van der Waals surface area contributed by atoms with Crippen molar-refractivity contribution in [2.75, 3.05) is 13.1 Å². The number of hydrogen-bond donors (Lipinski definition) is 1. The molecule has 1 aromatic heterocycles. The topological polar surface area (TPSA) is 46.9 Å². The van der Waals surface area contributed by atoms with E-state index in [9.17, 15) is 4.79 Å². The molecule has 3 rings (SSSR count). The van der Waals surface area contributed by atoms with Crippen LogP contribution in [0.25, 0.3) is 0 Å². The van der Waals surface area contributed by atoms with E-state index in [0.717, 1.165) is 31.5 Å². The van der Waals surface area contributed by atoms with E-state index in [4.69, 9.17) is 0 Å². The zero-order chi connectivity index (χ0) is 9.54. The average molecular weight is 191 g/mol. The highest BCUT2D eigenvalue weighted by Gasteiger charge is 2.52. The van der Waals surface area contributed by atoms with Gasteiger partial charge in [0, 0.05) is 18.8 Å². The van der Waals surface area contributed by atoms with Crippen LogP contribution in [-0.2, 0) is 6.54 Å². The first-order valence-electron chi connectivity index (χ1n) is 5.09. The molecule has 2 fully saturated rings. The number of piperidine rings is 1. The zero-order valence-corrected chi connectivity index (χ0v) is 7.89. The molecule has 0 bridgehead atoms. The summed E-state index contributed by atoms with van der Waals surface area (Å²) in [6.07, 6.45) is 1.68. The van der Waals surface area contributed by atoms with Crippen molar-refractivity contribution in [3.63, 3.8) is 0 Å². The lowest BCUT2D eigenvalue weighted by Gasteiger charge is -2.05. The van der Waals surface area contributed by atoms with Crippen LogP contribution in [0.15, 0.2) is 23.1 Å². The monoisotopic (exact) mass is 191 g/mol. The van der Waals surface area contributed by atoms with Gasteiger partial charge in [-0.25, -0.2) is 4.68 Å².